The van der Waals surface area contributed by atoms with Crippen LogP contribution in [0.15, 0.2) is 60.7 Å². The molecule has 180 valence electrons. The summed E-state index contributed by atoms with van der Waals surface area (Å²) in [5, 5.41) is 20.4. The Kier molecular flexibility index (Phi) is 6.45. The normalized spacial score (nSPS) is 15.3. The summed E-state index contributed by atoms with van der Waals surface area (Å²) in [5.74, 6) is -0.771. The Morgan fingerprint density at radius 2 is 1.71 bits per heavy atom. The Balaban J connectivity index is 1.61. The van der Waals surface area contributed by atoms with Crippen molar-refractivity contribution in [2.75, 3.05) is 13.1 Å². The number of piperidine rings is 1. The Morgan fingerprint density at radius 1 is 1.00 bits per heavy atom. The number of phenolic OH excluding ortho intramolecular Hbond substituents is 2. The van der Waals surface area contributed by atoms with Gasteiger partial charge in [-0.1, -0.05) is 12.5 Å². The Bertz CT molecular complexity index is 1380. The first-order valence-corrected chi connectivity index (χ1v) is 12.5. The molecule has 1 unspecified atom stereocenters. The minimum absolute atomic E-state index is 0.0506. The molecule has 1 aromatic heterocycles. The van der Waals surface area contributed by atoms with Gasteiger partial charge in [0.05, 0.1) is 5.56 Å². The van der Waals surface area contributed by atoms with E-state index in [1.165, 1.54) is 36.0 Å². The number of hydrogen-bond acceptors (Lipinski definition) is 6. The van der Waals surface area contributed by atoms with Crippen molar-refractivity contribution in [1.29, 1.82) is 0 Å². The summed E-state index contributed by atoms with van der Waals surface area (Å²) in [6.07, 6.45) is 2.94. The molecular weight excluding hydrogens is 465 g/mol. The highest BCUT2D eigenvalue weighted by atomic mass is 32.1. The molecule has 3 aromatic carbocycles. The molecule has 0 aliphatic carbocycles. The number of benzene rings is 3. The van der Waals surface area contributed by atoms with E-state index < -0.39 is 5.82 Å². The molecule has 1 saturated heterocycles. The first-order chi connectivity index (χ1) is 16.9. The van der Waals surface area contributed by atoms with E-state index in [1.807, 2.05) is 6.92 Å². The lowest BCUT2D eigenvalue weighted by Gasteiger charge is -2.32. The number of fused-ring (bicyclic) bond motifs is 1. The third-order valence-electron chi connectivity index (χ3n) is 6.44. The highest BCUT2D eigenvalue weighted by Crippen LogP contribution is 2.42. The maximum absolute atomic E-state index is 15.1. The van der Waals surface area contributed by atoms with E-state index in [-0.39, 0.29) is 34.8 Å². The van der Waals surface area contributed by atoms with Crippen LogP contribution in [-0.4, -0.2) is 40.2 Å². The molecule has 5 rings (SSSR count). The molecule has 0 radical (unpaired) electrons. The lowest BCUT2D eigenvalue weighted by atomic mass is 9.96. The summed E-state index contributed by atoms with van der Waals surface area (Å²) in [5.41, 5.74) is 1.31. The van der Waals surface area contributed by atoms with Crippen LogP contribution in [0, 0.1) is 5.82 Å². The van der Waals surface area contributed by atoms with Crippen LogP contribution in [0.4, 0.5) is 4.39 Å². The van der Waals surface area contributed by atoms with Crippen LogP contribution in [0.5, 0.6) is 17.2 Å². The molecule has 0 spiro atoms. The molecule has 0 saturated carbocycles. The molecule has 0 bridgehead atoms. The molecule has 2 heterocycles. The minimum Gasteiger partial charge on any atom is -0.508 e. The topological polar surface area (TPSA) is 70.0 Å². The number of halogens is 1. The molecule has 1 fully saturated rings. The fraction of sp³-hybridized carbons (Fsp3) is 0.250. The van der Waals surface area contributed by atoms with Gasteiger partial charge in [0.25, 0.3) is 0 Å². The summed E-state index contributed by atoms with van der Waals surface area (Å²) in [7, 11) is 0. The van der Waals surface area contributed by atoms with Gasteiger partial charge in [-0.25, -0.2) is 4.39 Å². The van der Waals surface area contributed by atoms with Crippen LogP contribution in [-0.2, 0) is 0 Å². The number of thiophene rings is 1. The van der Waals surface area contributed by atoms with Crippen LogP contribution in [0.25, 0.3) is 20.5 Å². The van der Waals surface area contributed by atoms with Gasteiger partial charge in [-0.3, -0.25) is 9.69 Å². The monoisotopic (exact) mass is 491 g/mol. The molecule has 1 aliphatic heterocycles. The smallest absolute Gasteiger partial charge is 0.198 e. The van der Waals surface area contributed by atoms with Gasteiger partial charge in [0.2, 0.25) is 0 Å². The van der Waals surface area contributed by atoms with E-state index >= 15 is 4.39 Å². The average molecular weight is 492 g/mol. The zero-order valence-electron chi connectivity index (χ0n) is 19.3. The number of carbonyl (C=O) groups is 1. The van der Waals surface area contributed by atoms with Crippen LogP contribution in [0.1, 0.15) is 42.1 Å². The van der Waals surface area contributed by atoms with Crippen molar-refractivity contribution < 1.29 is 24.1 Å². The molecule has 4 aromatic rings. The van der Waals surface area contributed by atoms with Crippen molar-refractivity contribution in [3.8, 4) is 27.7 Å². The summed E-state index contributed by atoms with van der Waals surface area (Å²) in [6, 6.07) is 15.8. The zero-order valence-corrected chi connectivity index (χ0v) is 20.1. The molecule has 7 heteroatoms. The fourth-order valence-corrected chi connectivity index (χ4v) is 5.83. The maximum Gasteiger partial charge on any atom is 0.198 e. The fourth-order valence-electron chi connectivity index (χ4n) is 4.60. The van der Waals surface area contributed by atoms with Crippen molar-refractivity contribution in [3.05, 3.63) is 77.6 Å². The van der Waals surface area contributed by atoms with Gasteiger partial charge in [0, 0.05) is 33.6 Å². The molecular formula is C28H26FNO4S. The average Bonchev–Trinajstić information content (AvgIpc) is 3.24. The summed E-state index contributed by atoms with van der Waals surface area (Å²) in [4.78, 5) is 16.9. The van der Waals surface area contributed by atoms with Crippen LogP contribution < -0.4 is 4.74 Å². The number of ether oxygens (including phenoxy) is 1. The SMILES string of the molecule is CC(Oc1c(F)cccc1C(=O)c1c(-c2ccc(O)cc2)sc2cc(O)ccc12)N1CCCCC1. The van der Waals surface area contributed by atoms with Gasteiger partial charge in [-0.05, 0) is 79.9 Å². The van der Waals surface area contributed by atoms with Gasteiger partial charge in [0.15, 0.2) is 17.3 Å². The lowest BCUT2D eigenvalue weighted by molar-refractivity contribution is 0.0230. The number of rotatable bonds is 6. The number of likely N-dealkylation sites (tertiary alicyclic amines) is 1. The number of nitrogens with zero attached hydrogens (tertiary/aromatic N) is 1. The molecule has 2 N–H and O–H groups in total. The third kappa shape index (κ3) is 4.61. The van der Waals surface area contributed by atoms with Crippen molar-refractivity contribution in [2.24, 2.45) is 0 Å². The van der Waals surface area contributed by atoms with Crippen molar-refractivity contribution >= 4 is 27.2 Å². The number of hydrogen-bond donors (Lipinski definition) is 2. The molecule has 1 aliphatic rings. The minimum atomic E-state index is -0.580. The van der Waals surface area contributed by atoms with Crippen LogP contribution in [0.2, 0.25) is 0 Å². The predicted octanol–water partition coefficient (Wildman–Crippen LogP) is 6.56. The van der Waals surface area contributed by atoms with Gasteiger partial charge in [-0.15, -0.1) is 11.3 Å². The van der Waals surface area contributed by atoms with E-state index in [9.17, 15) is 15.0 Å². The Hall–Kier alpha value is -3.42. The highest BCUT2D eigenvalue weighted by Gasteiger charge is 2.27. The van der Waals surface area contributed by atoms with E-state index in [1.54, 1.807) is 42.5 Å². The largest absolute Gasteiger partial charge is 0.508 e. The van der Waals surface area contributed by atoms with E-state index in [4.69, 9.17) is 4.74 Å². The first kappa shape index (κ1) is 23.3. The summed E-state index contributed by atoms with van der Waals surface area (Å²) >= 11 is 1.36. The number of phenols is 2. The number of para-hydroxylation sites is 1. The molecule has 5 nitrogen and oxygen atoms in total. The second-order valence-electron chi connectivity index (χ2n) is 8.79. The second kappa shape index (κ2) is 9.68. The lowest BCUT2D eigenvalue weighted by Crippen LogP contribution is -2.41. The number of ketones is 1. The van der Waals surface area contributed by atoms with E-state index in [0.29, 0.717) is 15.8 Å². The highest BCUT2D eigenvalue weighted by molar-refractivity contribution is 7.22. The molecule has 0 amide bonds. The van der Waals surface area contributed by atoms with Crippen LogP contribution >= 0.6 is 11.3 Å². The zero-order chi connectivity index (χ0) is 24.5. The van der Waals surface area contributed by atoms with E-state index in [2.05, 4.69) is 4.90 Å². The summed E-state index contributed by atoms with van der Waals surface area (Å²) < 4.78 is 21.9. The Labute approximate surface area is 207 Å². The summed E-state index contributed by atoms with van der Waals surface area (Å²) in [6.45, 7) is 3.64. The van der Waals surface area contributed by atoms with E-state index in [0.717, 1.165) is 36.2 Å². The predicted molar refractivity (Wildman–Crippen MR) is 136 cm³/mol. The van der Waals surface area contributed by atoms with Crippen molar-refractivity contribution in [3.63, 3.8) is 0 Å². The van der Waals surface area contributed by atoms with Gasteiger partial charge >= 0.3 is 0 Å². The maximum atomic E-state index is 15.1. The first-order valence-electron chi connectivity index (χ1n) is 11.7. The second-order valence-corrected chi connectivity index (χ2v) is 9.85. The molecule has 35 heavy (non-hydrogen) atoms. The van der Waals surface area contributed by atoms with Gasteiger partial charge in [0.1, 0.15) is 17.7 Å². The van der Waals surface area contributed by atoms with Gasteiger partial charge in [-0.2, -0.15) is 0 Å². The van der Waals surface area contributed by atoms with Crippen LogP contribution in [0.3, 0.4) is 0 Å². The standard InChI is InChI=1S/C28H26FNO4S/c1-17(30-14-3-2-4-15-30)34-27-22(6-5-7-23(27)29)26(33)25-21-13-12-20(32)16-24(21)35-28(25)18-8-10-19(31)11-9-18/h5-13,16-17,31-32H,2-4,14-15H2,1H3. The quantitative estimate of drug-likeness (QED) is 0.299. The number of aromatic hydroxyl groups is 2. The van der Waals surface area contributed by atoms with Crippen molar-refractivity contribution in [2.45, 2.75) is 32.4 Å². The van der Waals surface area contributed by atoms with Gasteiger partial charge < -0.3 is 14.9 Å². The number of carbonyl (C=O) groups excluding carboxylic acids is 1. The Morgan fingerprint density at radius 3 is 2.46 bits per heavy atom. The third-order valence-corrected chi connectivity index (χ3v) is 7.64. The molecule has 1 atom stereocenters. The van der Waals surface area contributed by atoms with Crippen molar-refractivity contribution in [1.82, 2.24) is 4.90 Å².